The largest absolute Gasteiger partial charge is 0.326 e. The number of nitrogens with one attached hydrogen (secondary N) is 1. The van der Waals surface area contributed by atoms with E-state index in [-0.39, 0.29) is 5.91 Å². The number of hydrogen-bond acceptors (Lipinski definition) is 1. The van der Waals surface area contributed by atoms with E-state index in [1.54, 1.807) is 0 Å². The van der Waals surface area contributed by atoms with Crippen molar-refractivity contribution >= 4 is 17.2 Å². The molecule has 110 valence electrons. The van der Waals surface area contributed by atoms with Crippen LogP contribution < -0.4 is 9.72 Å². The number of amides is 1. The van der Waals surface area contributed by atoms with Gasteiger partial charge in [0.05, 0.1) is 6.20 Å². The summed E-state index contributed by atoms with van der Waals surface area (Å²) in [5.41, 5.74) is 4.12. The molecule has 1 N–H and O–H groups in total. The molecule has 22 heavy (non-hydrogen) atoms. The standard InChI is InChI=1S/C18H17N3O/c1-3-11-21-17(13-20-12-5-4-6-18(20)21)15-7-9-16(10-8-15)19-14(2)22/h3-10,12-13H,1,11H2,2H3/p+1. The number of carbonyl (C=O) groups is 1. The van der Waals surface area contributed by atoms with Crippen LogP contribution in [0.1, 0.15) is 6.92 Å². The predicted molar refractivity (Wildman–Crippen MR) is 87.5 cm³/mol. The summed E-state index contributed by atoms with van der Waals surface area (Å²) in [6, 6.07) is 14.0. The molecule has 0 unspecified atom stereocenters. The summed E-state index contributed by atoms with van der Waals surface area (Å²) in [6.45, 7) is 6.09. The number of allylic oxidation sites excluding steroid dienone is 1. The molecule has 0 aliphatic rings. The molecule has 0 radical (unpaired) electrons. The fraction of sp³-hybridized carbons (Fsp3) is 0.111. The number of aromatic nitrogens is 2. The van der Waals surface area contributed by atoms with Crippen molar-refractivity contribution in [3.8, 4) is 11.3 Å². The molecule has 0 saturated heterocycles. The second-order valence-corrected chi connectivity index (χ2v) is 5.14. The highest BCUT2D eigenvalue weighted by Gasteiger charge is 2.17. The van der Waals surface area contributed by atoms with E-state index in [1.807, 2.05) is 48.7 Å². The topological polar surface area (TPSA) is 38.1 Å². The molecular formula is C18H18N3O+. The normalized spacial score (nSPS) is 10.6. The zero-order chi connectivity index (χ0) is 15.5. The molecule has 1 amide bonds. The molecule has 2 heterocycles. The van der Waals surface area contributed by atoms with Gasteiger partial charge in [0.1, 0.15) is 12.7 Å². The van der Waals surface area contributed by atoms with Crippen molar-refractivity contribution in [3.05, 3.63) is 67.5 Å². The Morgan fingerprint density at radius 2 is 2.05 bits per heavy atom. The van der Waals surface area contributed by atoms with Gasteiger partial charge >= 0.3 is 0 Å². The van der Waals surface area contributed by atoms with Crippen molar-refractivity contribution in [2.75, 3.05) is 5.32 Å². The van der Waals surface area contributed by atoms with Gasteiger partial charge in [0, 0.05) is 24.2 Å². The van der Waals surface area contributed by atoms with E-state index in [4.69, 9.17) is 0 Å². The minimum Gasteiger partial charge on any atom is -0.326 e. The van der Waals surface area contributed by atoms with E-state index < -0.39 is 0 Å². The van der Waals surface area contributed by atoms with Crippen molar-refractivity contribution in [2.45, 2.75) is 13.5 Å². The number of carbonyl (C=O) groups excluding carboxylic acids is 1. The molecular weight excluding hydrogens is 274 g/mol. The van der Waals surface area contributed by atoms with Gasteiger partial charge in [0.25, 0.3) is 5.65 Å². The second kappa shape index (κ2) is 5.85. The minimum absolute atomic E-state index is 0.0657. The number of nitrogens with zero attached hydrogens (tertiary/aromatic N) is 2. The summed E-state index contributed by atoms with van der Waals surface area (Å²) < 4.78 is 4.31. The molecule has 3 rings (SSSR count). The number of fused-ring (bicyclic) bond motifs is 1. The first-order valence-electron chi connectivity index (χ1n) is 7.17. The summed E-state index contributed by atoms with van der Waals surface area (Å²) in [5, 5.41) is 2.78. The Kier molecular flexibility index (Phi) is 3.74. The maximum absolute atomic E-state index is 11.1. The van der Waals surface area contributed by atoms with Gasteiger partial charge < -0.3 is 5.32 Å². The number of rotatable bonds is 4. The fourth-order valence-corrected chi connectivity index (χ4v) is 2.59. The zero-order valence-corrected chi connectivity index (χ0v) is 12.5. The van der Waals surface area contributed by atoms with Crippen LogP contribution in [0.2, 0.25) is 0 Å². The molecule has 0 saturated carbocycles. The Morgan fingerprint density at radius 1 is 1.27 bits per heavy atom. The van der Waals surface area contributed by atoms with Crippen molar-refractivity contribution in [3.63, 3.8) is 0 Å². The Morgan fingerprint density at radius 3 is 2.73 bits per heavy atom. The Labute approximate surface area is 129 Å². The quantitative estimate of drug-likeness (QED) is 0.582. The van der Waals surface area contributed by atoms with Gasteiger partial charge in [-0.3, -0.25) is 4.79 Å². The maximum atomic E-state index is 11.1. The van der Waals surface area contributed by atoms with Crippen LogP contribution in [0.4, 0.5) is 5.69 Å². The molecule has 0 aliphatic heterocycles. The third-order valence-electron chi connectivity index (χ3n) is 3.51. The highest BCUT2D eigenvalue weighted by molar-refractivity contribution is 5.88. The first-order valence-corrected chi connectivity index (χ1v) is 7.17. The van der Waals surface area contributed by atoms with Crippen molar-refractivity contribution in [2.24, 2.45) is 0 Å². The Balaban J connectivity index is 2.07. The SMILES string of the molecule is C=CCn1c(-c2ccc(NC(C)=O)cc2)c[n+]2ccccc12. The Hall–Kier alpha value is -2.88. The summed E-state index contributed by atoms with van der Waals surface area (Å²) in [4.78, 5) is 11.1. The van der Waals surface area contributed by atoms with Crippen LogP contribution in [0, 0.1) is 0 Å². The molecule has 4 heteroatoms. The highest BCUT2D eigenvalue weighted by atomic mass is 16.1. The Bertz CT molecular complexity index is 831. The lowest BCUT2D eigenvalue weighted by Crippen LogP contribution is -2.17. The van der Waals surface area contributed by atoms with Gasteiger partial charge in [-0.2, -0.15) is 0 Å². The molecule has 4 nitrogen and oxygen atoms in total. The molecule has 0 fully saturated rings. The monoisotopic (exact) mass is 292 g/mol. The van der Waals surface area contributed by atoms with Gasteiger partial charge in [0.2, 0.25) is 5.91 Å². The van der Waals surface area contributed by atoms with Crippen LogP contribution >= 0.6 is 0 Å². The first-order chi connectivity index (χ1) is 10.7. The van der Waals surface area contributed by atoms with Crippen LogP contribution in [0.25, 0.3) is 16.9 Å². The van der Waals surface area contributed by atoms with Crippen LogP contribution in [0.15, 0.2) is 67.5 Å². The van der Waals surface area contributed by atoms with Gasteiger partial charge in [-0.15, -0.1) is 0 Å². The van der Waals surface area contributed by atoms with Crippen molar-refractivity contribution in [1.29, 1.82) is 0 Å². The second-order valence-electron chi connectivity index (χ2n) is 5.14. The summed E-state index contributed by atoms with van der Waals surface area (Å²) in [6.07, 6.45) is 6.03. The molecule has 2 aromatic heterocycles. The fourth-order valence-electron chi connectivity index (χ4n) is 2.59. The number of hydrogen-bond donors (Lipinski definition) is 1. The number of benzene rings is 1. The van der Waals surface area contributed by atoms with Gasteiger partial charge in [-0.1, -0.05) is 18.7 Å². The van der Waals surface area contributed by atoms with Crippen molar-refractivity contribution in [1.82, 2.24) is 4.57 Å². The molecule has 3 aromatic rings. The first kappa shape index (κ1) is 14.1. The van der Waals surface area contributed by atoms with E-state index in [9.17, 15) is 4.79 Å². The van der Waals surface area contributed by atoms with Crippen LogP contribution in [-0.4, -0.2) is 10.5 Å². The van der Waals surface area contributed by atoms with E-state index in [2.05, 4.69) is 33.1 Å². The predicted octanol–water partition coefficient (Wildman–Crippen LogP) is 3.04. The molecule has 0 atom stereocenters. The summed E-state index contributed by atoms with van der Waals surface area (Å²) in [5.74, 6) is -0.0657. The lowest BCUT2D eigenvalue weighted by Gasteiger charge is -2.04. The third kappa shape index (κ3) is 2.63. The summed E-state index contributed by atoms with van der Waals surface area (Å²) >= 11 is 0. The van der Waals surface area contributed by atoms with Crippen LogP contribution in [0.3, 0.4) is 0 Å². The molecule has 1 aromatic carbocycles. The third-order valence-corrected chi connectivity index (χ3v) is 3.51. The lowest BCUT2D eigenvalue weighted by atomic mass is 10.1. The highest BCUT2D eigenvalue weighted by Crippen LogP contribution is 2.22. The molecule has 0 spiro atoms. The average Bonchev–Trinajstić information content (AvgIpc) is 2.87. The van der Waals surface area contributed by atoms with Crippen LogP contribution in [0.5, 0.6) is 0 Å². The van der Waals surface area contributed by atoms with E-state index >= 15 is 0 Å². The minimum atomic E-state index is -0.0657. The number of imidazole rings is 1. The summed E-state index contributed by atoms with van der Waals surface area (Å²) in [7, 11) is 0. The molecule has 0 aliphatic carbocycles. The van der Waals surface area contributed by atoms with E-state index in [0.717, 1.165) is 29.1 Å². The van der Waals surface area contributed by atoms with Crippen molar-refractivity contribution < 1.29 is 9.20 Å². The number of pyridine rings is 1. The van der Waals surface area contributed by atoms with Gasteiger partial charge in [-0.25, -0.2) is 8.97 Å². The maximum Gasteiger partial charge on any atom is 0.286 e. The lowest BCUT2D eigenvalue weighted by molar-refractivity contribution is -0.510. The molecule has 0 bridgehead atoms. The van der Waals surface area contributed by atoms with Gasteiger partial charge in [0.15, 0.2) is 5.69 Å². The van der Waals surface area contributed by atoms with Crippen LogP contribution in [-0.2, 0) is 11.3 Å². The number of anilines is 1. The smallest absolute Gasteiger partial charge is 0.286 e. The zero-order valence-electron chi connectivity index (χ0n) is 12.5. The van der Waals surface area contributed by atoms with E-state index in [0.29, 0.717) is 0 Å². The van der Waals surface area contributed by atoms with Gasteiger partial charge in [-0.05, 0) is 30.3 Å². The average molecular weight is 292 g/mol. The van der Waals surface area contributed by atoms with E-state index in [1.165, 1.54) is 6.92 Å².